The third-order valence-electron chi connectivity index (χ3n) is 2.38. The van der Waals surface area contributed by atoms with Crippen LogP contribution in [0.25, 0.3) is 0 Å². The van der Waals surface area contributed by atoms with Crippen molar-refractivity contribution in [1.82, 2.24) is 4.98 Å². The zero-order valence-electron chi connectivity index (χ0n) is 10.9. The Morgan fingerprint density at radius 3 is 2.79 bits per heavy atom. The lowest BCUT2D eigenvalue weighted by Crippen LogP contribution is -2.19. The van der Waals surface area contributed by atoms with E-state index in [9.17, 15) is 8.78 Å². The number of aromatic nitrogens is 1. The van der Waals surface area contributed by atoms with Crippen molar-refractivity contribution < 1.29 is 13.5 Å². The van der Waals surface area contributed by atoms with E-state index in [0.29, 0.717) is 12.1 Å². The van der Waals surface area contributed by atoms with Gasteiger partial charge in [0.25, 0.3) is 6.43 Å². The summed E-state index contributed by atoms with van der Waals surface area (Å²) in [6.07, 6.45) is -2.45. The Morgan fingerprint density at radius 1 is 1.53 bits per heavy atom. The molecule has 0 bridgehead atoms. The van der Waals surface area contributed by atoms with Crippen LogP contribution in [0.5, 0.6) is 0 Å². The van der Waals surface area contributed by atoms with Crippen LogP contribution in [-0.4, -0.2) is 36.2 Å². The van der Waals surface area contributed by atoms with E-state index in [1.165, 1.54) is 0 Å². The molecule has 0 aliphatic heterocycles. The molecule has 106 valence electrons. The van der Waals surface area contributed by atoms with Crippen LogP contribution in [0, 0.1) is 13.8 Å². The normalized spacial score (nSPS) is 10.8. The average Bonchev–Trinajstić information content (AvgIpc) is 2.26. The fourth-order valence-corrected chi connectivity index (χ4v) is 1.97. The van der Waals surface area contributed by atoms with E-state index in [1.54, 1.807) is 0 Å². The van der Waals surface area contributed by atoms with Gasteiger partial charge >= 0.3 is 0 Å². The van der Waals surface area contributed by atoms with E-state index < -0.39 is 13.0 Å². The summed E-state index contributed by atoms with van der Waals surface area (Å²) in [5.41, 5.74) is 8.65. The number of nitrogens with two attached hydrogens (primary N) is 1. The molecule has 0 aliphatic rings. The number of nitrogens with zero attached hydrogens (tertiary/aromatic N) is 1. The number of hydrogen-bond donors (Lipinski definition) is 2. The summed E-state index contributed by atoms with van der Waals surface area (Å²) in [5.74, 6) is 0. The number of nitrogens with one attached hydrogen (secondary N) is 1. The molecule has 3 N–H and O–H groups in total. The summed E-state index contributed by atoms with van der Waals surface area (Å²) in [6.45, 7) is 3.69. The molecular formula is C12H17F2N3OS. The van der Waals surface area contributed by atoms with Gasteiger partial charge in [0.2, 0.25) is 0 Å². The van der Waals surface area contributed by atoms with Gasteiger partial charge in [-0.15, -0.1) is 0 Å². The maximum atomic E-state index is 11.9. The molecule has 1 aromatic heterocycles. The fourth-order valence-electron chi connectivity index (χ4n) is 1.71. The predicted molar refractivity (Wildman–Crippen MR) is 74.9 cm³/mol. The third-order valence-corrected chi connectivity index (χ3v) is 2.58. The lowest BCUT2D eigenvalue weighted by Gasteiger charge is -2.14. The van der Waals surface area contributed by atoms with E-state index in [1.807, 2.05) is 19.9 Å². The third kappa shape index (κ3) is 5.04. The Kier molecular flexibility index (Phi) is 6.04. The van der Waals surface area contributed by atoms with E-state index in [-0.39, 0.29) is 11.6 Å². The molecule has 19 heavy (non-hydrogen) atoms. The summed E-state index contributed by atoms with van der Waals surface area (Å²) in [7, 11) is 0. The highest BCUT2D eigenvalue weighted by Gasteiger charge is 2.10. The van der Waals surface area contributed by atoms with Crippen LogP contribution < -0.4 is 11.1 Å². The molecule has 7 heteroatoms. The van der Waals surface area contributed by atoms with Crippen LogP contribution in [-0.2, 0) is 4.74 Å². The van der Waals surface area contributed by atoms with Crippen molar-refractivity contribution in [3.63, 3.8) is 0 Å². The van der Waals surface area contributed by atoms with Crippen LogP contribution >= 0.6 is 12.2 Å². The second-order valence-corrected chi connectivity index (χ2v) is 4.47. The first-order chi connectivity index (χ1) is 8.91. The molecule has 0 saturated carbocycles. The molecule has 1 aromatic rings. The van der Waals surface area contributed by atoms with Crippen molar-refractivity contribution in [2.75, 3.05) is 25.1 Å². The second kappa shape index (κ2) is 7.30. The van der Waals surface area contributed by atoms with E-state index in [0.717, 1.165) is 17.1 Å². The maximum absolute atomic E-state index is 11.9. The monoisotopic (exact) mass is 289 g/mol. The number of thiocarbonyl (C=S) groups is 1. The van der Waals surface area contributed by atoms with Gasteiger partial charge in [0, 0.05) is 23.6 Å². The summed E-state index contributed by atoms with van der Waals surface area (Å²) in [5, 5.41) is 3.07. The second-order valence-electron chi connectivity index (χ2n) is 4.03. The van der Waals surface area contributed by atoms with Gasteiger partial charge in [-0.3, -0.25) is 4.98 Å². The Hall–Kier alpha value is -1.34. The highest BCUT2D eigenvalue weighted by atomic mass is 32.1. The first-order valence-electron chi connectivity index (χ1n) is 5.79. The van der Waals surface area contributed by atoms with Crippen molar-refractivity contribution in [2.45, 2.75) is 20.3 Å². The minimum Gasteiger partial charge on any atom is -0.389 e. The molecule has 0 fully saturated rings. The van der Waals surface area contributed by atoms with Crippen molar-refractivity contribution >= 4 is 22.9 Å². The molecule has 0 spiro atoms. The molecule has 0 saturated heterocycles. The summed E-state index contributed by atoms with van der Waals surface area (Å²) >= 11 is 4.98. The van der Waals surface area contributed by atoms with Gasteiger partial charge in [-0.25, -0.2) is 8.78 Å². The zero-order valence-corrected chi connectivity index (χ0v) is 11.7. The van der Waals surface area contributed by atoms with Gasteiger partial charge in [0.05, 0.1) is 12.2 Å². The maximum Gasteiger partial charge on any atom is 0.261 e. The Bertz CT molecular complexity index is 455. The van der Waals surface area contributed by atoms with E-state index in [4.69, 9.17) is 22.7 Å². The van der Waals surface area contributed by atoms with Gasteiger partial charge < -0.3 is 15.8 Å². The van der Waals surface area contributed by atoms with Gasteiger partial charge in [-0.05, 0) is 19.9 Å². The number of pyridine rings is 1. The fraction of sp³-hybridized carbons (Fsp3) is 0.500. The van der Waals surface area contributed by atoms with Crippen LogP contribution in [0.3, 0.4) is 0 Å². The molecule has 0 atom stereocenters. The van der Waals surface area contributed by atoms with Gasteiger partial charge in [0.15, 0.2) is 0 Å². The van der Waals surface area contributed by atoms with Gasteiger partial charge in [0.1, 0.15) is 11.6 Å². The average molecular weight is 289 g/mol. The smallest absolute Gasteiger partial charge is 0.261 e. The topological polar surface area (TPSA) is 60.2 Å². The Balaban J connectivity index is 2.64. The first-order valence-corrected chi connectivity index (χ1v) is 6.20. The number of halogens is 2. The molecular weight excluding hydrogens is 272 g/mol. The quantitative estimate of drug-likeness (QED) is 0.594. The van der Waals surface area contributed by atoms with Gasteiger partial charge in [-0.1, -0.05) is 12.2 Å². The lowest BCUT2D eigenvalue weighted by atomic mass is 10.1. The molecule has 4 nitrogen and oxygen atoms in total. The minimum absolute atomic E-state index is 0.182. The number of anilines is 1. The molecule has 0 unspecified atom stereocenters. The lowest BCUT2D eigenvalue weighted by molar-refractivity contribution is 0.0215. The molecule has 0 aromatic carbocycles. The molecule has 1 heterocycles. The summed E-state index contributed by atoms with van der Waals surface area (Å²) in [4.78, 5) is 4.54. The molecule has 0 aliphatic carbocycles. The highest BCUT2D eigenvalue weighted by Crippen LogP contribution is 2.19. The number of hydrogen-bond acceptors (Lipinski definition) is 4. The molecule has 1 rings (SSSR count). The highest BCUT2D eigenvalue weighted by molar-refractivity contribution is 7.80. The van der Waals surface area contributed by atoms with Crippen molar-refractivity contribution in [2.24, 2.45) is 5.73 Å². The predicted octanol–water partition coefficient (Wildman–Crippen LogP) is 2.03. The largest absolute Gasteiger partial charge is 0.389 e. The number of ether oxygens (including phenoxy) is 1. The van der Waals surface area contributed by atoms with Crippen LogP contribution in [0.1, 0.15) is 17.0 Å². The van der Waals surface area contributed by atoms with Gasteiger partial charge in [-0.2, -0.15) is 0 Å². The molecule has 0 amide bonds. The van der Waals surface area contributed by atoms with Crippen molar-refractivity contribution in [3.8, 4) is 0 Å². The number of aryl methyl sites for hydroxylation is 2. The van der Waals surface area contributed by atoms with Crippen LogP contribution in [0.4, 0.5) is 14.5 Å². The minimum atomic E-state index is -2.45. The van der Waals surface area contributed by atoms with Crippen LogP contribution in [0.2, 0.25) is 0 Å². The summed E-state index contributed by atoms with van der Waals surface area (Å²) < 4.78 is 28.5. The first kappa shape index (κ1) is 15.7. The standard InChI is InChI=1S/C12H17F2N3OS/c1-7-5-9(11(12(15)19)8(2)17-7)16-3-4-18-6-10(13)14/h5,10H,3-4,6H2,1-2H3,(H2,15,19)(H,16,17). The number of rotatable bonds is 7. The van der Waals surface area contributed by atoms with E-state index in [2.05, 4.69) is 10.3 Å². The Labute approximate surface area is 116 Å². The van der Waals surface area contributed by atoms with Crippen LogP contribution in [0.15, 0.2) is 6.07 Å². The molecule has 0 radical (unpaired) electrons. The van der Waals surface area contributed by atoms with E-state index >= 15 is 0 Å². The summed E-state index contributed by atoms with van der Waals surface area (Å²) in [6, 6.07) is 1.81. The van der Waals surface area contributed by atoms with Crippen molar-refractivity contribution in [3.05, 3.63) is 23.0 Å². The number of alkyl halides is 2. The van der Waals surface area contributed by atoms with Crippen molar-refractivity contribution in [1.29, 1.82) is 0 Å². The SMILES string of the molecule is Cc1cc(NCCOCC(F)F)c(C(N)=S)c(C)n1. The Morgan fingerprint density at radius 2 is 2.21 bits per heavy atom. The zero-order chi connectivity index (χ0) is 14.4.